The molecular formula is C21H20N4O. The first-order valence-corrected chi connectivity index (χ1v) is 8.90. The summed E-state index contributed by atoms with van der Waals surface area (Å²) in [7, 11) is 0. The Balaban J connectivity index is 1.54. The van der Waals surface area contributed by atoms with Gasteiger partial charge >= 0.3 is 0 Å². The van der Waals surface area contributed by atoms with Gasteiger partial charge in [-0.1, -0.05) is 60.7 Å². The van der Waals surface area contributed by atoms with Crippen molar-refractivity contribution >= 4 is 11.7 Å². The molecule has 1 fully saturated rings. The maximum absolute atomic E-state index is 12.8. The van der Waals surface area contributed by atoms with E-state index in [1.54, 1.807) is 6.20 Å². The Bertz CT molecular complexity index is 883. The third-order valence-electron chi connectivity index (χ3n) is 4.75. The van der Waals surface area contributed by atoms with Gasteiger partial charge in [0.2, 0.25) is 5.95 Å². The zero-order valence-corrected chi connectivity index (χ0v) is 14.5. The lowest BCUT2D eigenvalue weighted by atomic mass is 9.90. The third-order valence-corrected chi connectivity index (χ3v) is 4.75. The Morgan fingerprint density at radius 1 is 1.00 bits per heavy atom. The van der Waals surface area contributed by atoms with Crippen molar-refractivity contribution in [3.63, 3.8) is 0 Å². The van der Waals surface area contributed by atoms with E-state index in [2.05, 4.69) is 20.1 Å². The molecule has 1 saturated heterocycles. The number of anilines is 1. The van der Waals surface area contributed by atoms with Gasteiger partial charge in [0.1, 0.15) is 0 Å². The Morgan fingerprint density at radius 2 is 1.73 bits per heavy atom. The van der Waals surface area contributed by atoms with E-state index in [-0.39, 0.29) is 11.7 Å². The van der Waals surface area contributed by atoms with E-state index in [1.807, 2.05) is 60.7 Å². The van der Waals surface area contributed by atoms with E-state index in [4.69, 9.17) is 0 Å². The van der Waals surface area contributed by atoms with E-state index in [9.17, 15) is 4.79 Å². The summed E-state index contributed by atoms with van der Waals surface area (Å²) in [6.45, 7) is 1.48. The summed E-state index contributed by atoms with van der Waals surface area (Å²) in [4.78, 5) is 19.5. The molecule has 130 valence electrons. The van der Waals surface area contributed by atoms with Crippen molar-refractivity contribution in [2.24, 2.45) is 5.92 Å². The van der Waals surface area contributed by atoms with Crippen LogP contribution in [0.4, 0.5) is 5.95 Å². The van der Waals surface area contributed by atoms with Crippen molar-refractivity contribution < 1.29 is 4.79 Å². The molecule has 1 unspecified atom stereocenters. The first kappa shape index (κ1) is 16.4. The number of nitrogens with zero attached hydrogens (tertiary/aromatic N) is 4. The van der Waals surface area contributed by atoms with Gasteiger partial charge in [-0.05, 0) is 12.8 Å². The molecule has 0 saturated carbocycles. The van der Waals surface area contributed by atoms with Gasteiger partial charge in [-0.25, -0.2) is 4.98 Å². The van der Waals surface area contributed by atoms with Gasteiger partial charge in [-0.3, -0.25) is 4.79 Å². The van der Waals surface area contributed by atoms with E-state index in [0.29, 0.717) is 12.5 Å². The first-order valence-electron chi connectivity index (χ1n) is 8.90. The highest BCUT2D eigenvalue weighted by molar-refractivity contribution is 5.98. The summed E-state index contributed by atoms with van der Waals surface area (Å²) in [6.07, 6.45) is 3.52. The number of piperidine rings is 1. The Labute approximate surface area is 152 Å². The monoisotopic (exact) mass is 344 g/mol. The molecule has 0 N–H and O–H groups in total. The fourth-order valence-electron chi connectivity index (χ4n) is 3.39. The number of rotatable bonds is 4. The summed E-state index contributed by atoms with van der Waals surface area (Å²) >= 11 is 0. The normalized spacial score (nSPS) is 17.1. The minimum atomic E-state index is -0.0323. The van der Waals surface area contributed by atoms with Gasteiger partial charge in [0.15, 0.2) is 5.78 Å². The number of hydrogen-bond acceptors (Lipinski definition) is 5. The van der Waals surface area contributed by atoms with Gasteiger partial charge in [-0.2, -0.15) is 5.10 Å². The van der Waals surface area contributed by atoms with Crippen LogP contribution in [-0.2, 0) is 0 Å². The van der Waals surface area contributed by atoms with E-state index < -0.39 is 0 Å². The molecule has 1 aromatic heterocycles. The van der Waals surface area contributed by atoms with E-state index in [0.717, 1.165) is 36.2 Å². The van der Waals surface area contributed by atoms with Crippen LogP contribution in [0.5, 0.6) is 0 Å². The second kappa shape index (κ2) is 7.44. The van der Waals surface area contributed by atoms with Crippen LogP contribution in [0.1, 0.15) is 23.2 Å². The minimum absolute atomic E-state index is 0.0323. The fraction of sp³-hybridized carbons (Fsp3) is 0.238. The quantitative estimate of drug-likeness (QED) is 0.676. The maximum atomic E-state index is 12.8. The lowest BCUT2D eigenvalue weighted by Gasteiger charge is -2.31. The highest BCUT2D eigenvalue weighted by atomic mass is 16.1. The molecule has 0 spiro atoms. The molecule has 5 heteroatoms. The summed E-state index contributed by atoms with van der Waals surface area (Å²) in [5, 5.41) is 8.33. The SMILES string of the molecule is O=C(c1ccccc1)C1CCCN(c2nncc(-c3ccccc3)n2)C1. The van der Waals surface area contributed by atoms with Crippen LogP contribution in [0.15, 0.2) is 66.9 Å². The average Bonchev–Trinajstić information content (AvgIpc) is 2.75. The second-order valence-corrected chi connectivity index (χ2v) is 6.52. The predicted octanol–water partition coefficient (Wildman–Crippen LogP) is 3.64. The van der Waals surface area contributed by atoms with E-state index >= 15 is 0 Å². The van der Waals surface area contributed by atoms with Crippen molar-refractivity contribution in [1.29, 1.82) is 0 Å². The van der Waals surface area contributed by atoms with Crippen molar-refractivity contribution in [3.8, 4) is 11.3 Å². The van der Waals surface area contributed by atoms with Crippen molar-refractivity contribution in [3.05, 3.63) is 72.4 Å². The predicted molar refractivity (Wildman–Crippen MR) is 101 cm³/mol. The summed E-state index contributed by atoms with van der Waals surface area (Å²) in [6, 6.07) is 19.5. The molecule has 0 aliphatic carbocycles. The highest BCUT2D eigenvalue weighted by Gasteiger charge is 2.28. The number of aromatic nitrogens is 3. The van der Waals surface area contributed by atoms with Gasteiger partial charge in [0.05, 0.1) is 11.9 Å². The molecule has 2 heterocycles. The van der Waals surface area contributed by atoms with Gasteiger partial charge in [-0.15, -0.1) is 5.10 Å². The Kier molecular flexibility index (Phi) is 4.69. The van der Waals surface area contributed by atoms with E-state index in [1.165, 1.54) is 0 Å². The molecule has 1 aliphatic heterocycles. The number of carbonyl (C=O) groups is 1. The summed E-state index contributed by atoms with van der Waals surface area (Å²) in [5.41, 5.74) is 2.58. The molecule has 4 rings (SSSR count). The second-order valence-electron chi connectivity index (χ2n) is 6.52. The molecule has 0 radical (unpaired) electrons. The molecule has 1 atom stereocenters. The van der Waals surface area contributed by atoms with Crippen molar-refractivity contribution in [2.75, 3.05) is 18.0 Å². The van der Waals surface area contributed by atoms with Crippen LogP contribution in [0.25, 0.3) is 11.3 Å². The number of hydrogen-bond donors (Lipinski definition) is 0. The minimum Gasteiger partial charge on any atom is -0.339 e. The van der Waals surface area contributed by atoms with Crippen LogP contribution < -0.4 is 4.90 Å². The lowest BCUT2D eigenvalue weighted by molar-refractivity contribution is 0.0907. The Hall–Kier alpha value is -3.08. The molecule has 0 bridgehead atoms. The van der Waals surface area contributed by atoms with Crippen molar-refractivity contribution in [2.45, 2.75) is 12.8 Å². The zero-order valence-electron chi connectivity index (χ0n) is 14.5. The Morgan fingerprint density at radius 3 is 2.50 bits per heavy atom. The van der Waals surface area contributed by atoms with Gasteiger partial charge < -0.3 is 4.90 Å². The first-order chi connectivity index (χ1) is 12.8. The molecule has 5 nitrogen and oxygen atoms in total. The lowest BCUT2D eigenvalue weighted by Crippen LogP contribution is -2.39. The molecule has 26 heavy (non-hydrogen) atoms. The fourth-order valence-corrected chi connectivity index (χ4v) is 3.39. The highest BCUT2D eigenvalue weighted by Crippen LogP contribution is 2.24. The summed E-state index contributed by atoms with van der Waals surface area (Å²) in [5.74, 6) is 0.759. The van der Waals surface area contributed by atoms with Crippen LogP contribution in [0.2, 0.25) is 0 Å². The zero-order chi connectivity index (χ0) is 17.8. The number of carbonyl (C=O) groups excluding carboxylic acids is 1. The van der Waals surface area contributed by atoms with Crippen molar-refractivity contribution in [1.82, 2.24) is 15.2 Å². The molecule has 3 aromatic rings. The molecule has 0 amide bonds. The van der Waals surface area contributed by atoms with Crippen LogP contribution in [0.3, 0.4) is 0 Å². The van der Waals surface area contributed by atoms with Crippen LogP contribution >= 0.6 is 0 Å². The third kappa shape index (κ3) is 3.47. The topological polar surface area (TPSA) is 59.0 Å². The summed E-state index contributed by atoms with van der Waals surface area (Å²) < 4.78 is 0. The van der Waals surface area contributed by atoms with Gasteiger partial charge in [0.25, 0.3) is 0 Å². The average molecular weight is 344 g/mol. The standard InChI is InChI=1S/C21H20N4O/c26-20(17-10-5-2-6-11-17)18-12-7-13-25(15-18)21-23-19(14-22-24-21)16-8-3-1-4-9-16/h1-6,8-11,14,18H,7,12-13,15H2. The molecule has 1 aliphatic rings. The maximum Gasteiger partial charge on any atom is 0.245 e. The molecule has 2 aromatic carbocycles. The van der Waals surface area contributed by atoms with Gasteiger partial charge in [0, 0.05) is 30.1 Å². The van der Waals surface area contributed by atoms with Crippen LogP contribution in [-0.4, -0.2) is 34.1 Å². The van der Waals surface area contributed by atoms with Crippen LogP contribution in [0, 0.1) is 5.92 Å². The number of ketones is 1. The molecular weight excluding hydrogens is 324 g/mol. The smallest absolute Gasteiger partial charge is 0.245 e. The largest absolute Gasteiger partial charge is 0.339 e. The number of benzene rings is 2. The number of Topliss-reactive ketones (excluding diaryl/α,β-unsaturated/α-hetero) is 1.